The van der Waals surface area contributed by atoms with Crippen LogP contribution in [0.4, 0.5) is 0 Å². The van der Waals surface area contributed by atoms with Gasteiger partial charge in [-0.2, -0.15) is 0 Å². The molecule has 0 saturated carbocycles. The van der Waals surface area contributed by atoms with E-state index < -0.39 is 0 Å². The molecule has 0 saturated heterocycles. The highest BCUT2D eigenvalue weighted by Gasteiger charge is 1.79. The minimum Gasteiger partial charge on any atom is -0.381 e. The zero-order valence-corrected chi connectivity index (χ0v) is 5.33. The quantitative estimate of drug-likeness (QED) is 0.437. The smallest absolute Gasteiger partial charge is 0.0569 e. The number of nitrogens with two attached hydrogens (primary N) is 1. The Bertz CT molecular complexity index is 30.9. The Morgan fingerprint density at radius 2 is 2.43 bits per heavy atom. The van der Waals surface area contributed by atoms with Gasteiger partial charge < -0.3 is 4.74 Å². The summed E-state index contributed by atoms with van der Waals surface area (Å²) < 4.78 is 4.97. The van der Waals surface area contributed by atoms with E-state index in [4.69, 9.17) is 9.88 Å². The van der Waals surface area contributed by atoms with Crippen LogP contribution in [0.2, 0.25) is 0 Å². The van der Waals surface area contributed by atoms with Crippen LogP contribution in [-0.2, 0) is 4.74 Å². The molecule has 44 valence electrons. The molecule has 0 bridgehead atoms. The van der Waals surface area contributed by atoms with Crippen molar-refractivity contribution in [1.82, 2.24) is 0 Å². The first kappa shape index (κ1) is 7.27. The van der Waals surface area contributed by atoms with Crippen LogP contribution in [0, 0.1) is 0 Å². The normalized spacial score (nSPS) is 9.43. The third-order valence-electron chi connectivity index (χ3n) is 0.550. The van der Waals surface area contributed by atoms with Crippen LogP contribution in [0.5, 0.6) is 0 Å². The van der Waals surface area contributed by atoms with Crippen molar-refractivity contribution in [2.24, 2.45) is 5.14 Å². The van der Waals surface area contributed by atoms with E-state index in [0.29, 0.717) is 0 Å². The Labute approximate surface area is 48.5 Å². The molecule has 0 rings (SSSR count). The summed E-state index contributed by atoms with van der Waals surface area (Å²) in [5, 5.41) is 5.11. The molecule has 2 nitrogen and oxygen atoms in total. The van der Waals surface area contributed by atoms with Crippen molar-refractivity contribution >= 4 is 11.9 Å². The lowest BCUT2D eigenvalue weighted by Crippen LogP contribution is -1.97. The van der Waals surface area contributed by atoms with Crippen LogP contribution >= 0.6 is 11.9 Å². The lowest BCUT2D eigenvalue weighted by molar-refractivity contribution is 0.164. The van der Waals surface area contributed by atoms with Gasteiger partial charge in [0.25, 0.3) is 0 Å². The Morgan fingerprint density at radius 3 is 2.86 bits per heavy atom. The summed E-state index contributed by atoms with van der Waals surface area (Å²) in [5.41, 5.74) is 0. The lowest BCUT2D eigenvalue weighted by Gasteiger charge is -1.94. The van der Waals surface area contributed by atoms with Crippen molar-refractivity contribution in [1.29, 1.82) is 0 Å². The van der Waals surface area contributed by atoms with Gasteiger partial charge in [-0.3, -0.25) is 5.14 Å². The summed E-state index contributed by atoms with van der Waals surface area (Å²) in [4.78, 5) is 0. The first-order valence-corrected chi connectivity index (χ1v) is 3.36. The topological polar surface area (TPSA) is 35.2 Å². The molecule has 0 fully saturated rings. The van der Waals surface area contributed by atoms with Crippen LogP contribution in [0.1, 0.15) is 6.92 Å². The van der Waals surface area contributed by atoms with Gasteiger partial charge in [-0.15, -0.1) is 0 Å². The molecule has 0 aliphatic rings. The summed E-state index contributed by atoms with van der Waals surface area (Å²) in [7, 11) is 0. The molecular weight excluding hydrogens is 110 g/mol. The average Bonchev–Trinajstić information content (AvgIpc) is 1.69. The predicted octanol–water partition coefficient (Wildman–Crippen LogP) is 0.630. The van der Waals surface area contributed by atoms with Crippen LogP contribution in [0.3, 0.4) is 0 Å². The maximum absolute atomic E-state index is 5.11. The Hall–Kier alpha value is 0.270. The van der Waals surface area contributed by atoms with Crippen LogP contribution in [-0.4, -0.2) is 19.0 Å². The zero-order valence-electron chi connectivity index (χ0n) is 4.52. The van der Waals surface area contributed by atoms with Gasteiger partial charge in [-0.25, -0.2) is 0 Å². The summed E-state index contributed by atoms with van der Waals surface area (Å²) in [6.45, 7) is 3.54. The van der Waals surface area contributed by atoms with Gasteiger partial charge in [-0.05, 0) is 6.92 Å². The fraction of sp³-hybridized carbons (Fsp3) is 1.00. The molecule has 0 radical (unpaired) electrons. The number of hydrogen-bond donors (Lipinski definition) is 1. The van der Waals surface area contributed by atoms with Crippen LogP contribution in [0.25, 0.3) is 0 Å². The summed E-state index contributed by atoms with van der Waals surface area (Å²) in [6.07, 6.45) is 0. The van der Waals surface area contributed by atoms with Crippen molar-refractivity contribution < 1.29 is 4.74 Å². The largest absolute Gasteiger partial charge is 0.381 e. The Kier molecular flexibility index (Phi) is 6.51. The van der Waals surface area contributed by atoms with Gasteiger partial charge in [-0.1, -0.05) is 11.9 Å². The Balaban J connectivity index is 2.45. The minimum absolute atomic E-state index is 0.775. The third-order valence-corrected chi connectivity index (χ3v) is 0.952. The highest BCUT2D eigenvalue weighted by Crippen LogP contribution is 1.83. The van der Waals surface area contributed by atoms with E-state index in [0.717, 1.165) is 19.0 Å². The Morgan fingerprint density at radius 1 is 1.71 bits per heavy atom. The molecular formula is C4H11NOS. The second-order valence-electron chi connectivity index (χ2n) is 1.07. The first-order valence-electron chi connectivity index (χ1n) is 2.31. The second-order valence-corrected chi connectivity index (χ2v) is 1.81. The maximum atomic E-state index is 5.11. The van der Waals surface area contributed by atoms with Gasteiger partial charge in [0.05, 0.1) is 6.61 Å². The van der Waals surface area contributed by atoms with Crippen LogP contribution < -0.4 is 5.14 Å². The fourth-order valence-electron chi connectivity index (χ4n) is 0.251. The van der Waals surface area contributed by atoms with E-state index >= 15 is 0 Å². The lowest BCUT2D eigenvalue weighted by atomic mass is 10.8. The molecule has 0 aliphatic carbocycles. The van der Waals surface area contributed by atoms with Crippen LogP contribution in [0.15, 0.2) is 0 Å². The standard InChI is InChI=1S/C4H11NOS/c1-2-6-3-4-7-5/h2-5H2,1H3. The van der Waals surface area contributed by atoms with E-state index in [1.165, 1.54) is 11.9 Å². The van der Waals surface area contributed by atoms with Gasteiger partial charge in [0.15, 0.2) is 0 Å². The molecule has 3 heteroatoms. The van der Waals surface area contributed by atoms with E-state index in [-0.39, 0.29) is 0 Å². The average molecular weight is 121 g/mol. The van der Waals surface area contributed by atoms with E-state index in [1.54, 1.807) is 0 Å². The number of rotatable bonds is 4. The molecule has 0 aliphatic heterocycles. The molecule has 0 aromatic heterocycles. The number of hydrogen-bond acceptors (Lipinski definition) is 3. The highest BCUT2D eigenvalue weighted by atomic mass is 32.2. The molecule has 0 atom stereocenters. The van der Waals surface area contributed by atoms with Gasteiger partial charge in [0.1, 0.15) is 0 Å². The molecule has 0 aromatic rings. The monoisotopic (exact) mass is 121 g/mol. The molecule has 0 aromatic carbocycles. The molecule has 0 unspecified atom stereocenters. The van der Waals surface area contributed by atoms with Gasteiger partial charge >= 0.3 is 0 Å². The van der Waals surface area contributed by atoms with Crippen molar-refractivity contribution in [3.05, 3.63) is 0 Å². The minimum atomic E-state index is 0.775. The summed E-state index contributed by atoms with van der Waals surface area (Å²) in [6, 6.07) is 0. The SMILES string of the molecule is CCOCCSN. The fourth-order valence-corrected chi connectivity index (χ4v) is 0.465. The predicted molar refractivity (Wildman–Crippen MR) is 33.1 cm³/mol. The van der Waals surface area contributed by atoms with E-state index in [9.17, 15) is 0 Å². The molecule has 0 heterocycles. The van der Waals surface area contributed by atoms with Crippen molar-refractivity contribution in [2.75, 3.05) is 19.0 Å². The van der Waals surface area contributed by atoms with Crippen molar-refractivity contribution in [2.45, 2.75) is 6.92 Å². The van der Waals surface area contributed by atoms with Crippen molar-refractivity contribution in [3.63, 3.8) is 0 Å². The molecule has 7 heavy (non-hydrogen) atoms. The second kappa shape index (κ2) is 6.27. The summed E-state index contributed by atoms with van der Waals surface area (Å²) in [5.74, 6) is 0.897. The molecule has 0 spiro atoms. The molecule has 0 amide bonds. The number of ether oxygens (including phenoxy) is 1. The van der Waals surface area contributed by atoms with E-state index in [1.807, 2.05) is 6.92 Å². The van der Waals surface area contributed by atoms with Gasteiger partial charge in [0, 0.05) is 12.4 Å². The highest BCUT2D eigenvalue weighted by molar-refractivity contribution is 7.97. The van der Waals surface area contributed by atoms with E-state index in [2.05, 4.69) is 0 Å². The third kappa shape index (κ3) is 6.27. The van der Waals surface area contributed by atoms with Gasteiger partial charge in [0.2, 0.25) is 0 Å². The first-order chi connectivity index (χ1) is 3.41. The molecule has 2 N–H and O–H groups in total. The van der Waals surface area contributed by atoms with Crippen molar-refractivity contribution in [3.8, 4) is 0 Å². The summed E-state index contributed by atoms with van der Waals surface area (Å²) >= 11 is 1.32. The zero-order chi connectivity index (χ0) is 5.54. The maximum Gasteiger partial charge on any atom is 0.0569 e.